The Labute approximate surface area is 112 Å². The van der Waals surface area contributed by atoms with Gasteiger partial charge in [-0.25, -0.2) is 4.79 Å². The highest BCUT2D eigenvalue weighted by Gasteiger charge is 2.13. The highest BCUT2D eigenvalue weighted by atomic mass is 16.6. The Bertz CT molecular complexity index is 532. The summed E-state index contributed by atoms with van der Waals surface area (Å²) in [7, 11) is 1.29. The summed E-state index contributed by atoms with van der Waals surface area (Å²) >= 11 is 0. The van der Waals surface area contributed by atoms with E-state index in [2.05, 4.69) is 9.89 Å². The van der Waals surface area contributed by atoms with E-state index in [1.165, 1.54) is 13.2 Å². The summed E-state index contributed by atoms with van der Waals surface area (Å²) < 4.78 is 10.2. The molecule has 0 bridgehead atoms. The number of carbonyl (C=O) groups excluding carboxylic acids is 1. The van der Waals surface area contributed by atoms with Crippen LogP contribution >= 0.6 is 0 Å². The van der Waals surface area contributed by atoms with Crippen molar-refractivity contribution in [1.29, 1.82) is 0 Å². The van der Waals surface area contributed by atoms with Gasteiger partial charge in [-0.15, -0.1) is 0 Å². The summed E-state index contributed by atoms with van der Waals surface area (Å²) in [6, 6.07) is 5.34. The molecule has 0 atom stereocenters. The van der Waals surface area contributed by atoms with Crippen molar-refractivity contribution in [3.05, 3.63) is 41.2 Å². The van der Waals surface area contributed by atoms with Crippen molar-refractivity contribution in [2.75, 3.05) is 7.11 Å². The summed E-state index contributed by atoms with van der Waals surface area (Å²) in [6.45, 7) is 5.21. The van der Waals surface area contributed by atoms with E-state index in [4.69, 9.17) is 9.94 Å². The Morgan fingerprint density at radius 2 is 2.11 bits per heavy atom. The van der Waals surface area contributed by atoms with E-state index in [-0.39, 0.29) is 5.76 Å². The number of oxime groups is 1. The second-order valence-corrected chi connectivity index (χ2v) is 3.91. The first-order valence-electron chi connectivity index (χ1n) is 5.75. The number of benzene rings is 1. The normalized spacial score (nSPS) is 12.2. The summed E-state index contributed by atoms with van der Waals surface area (Å²) in [5.74, 6) is 0.0835. The first-order chi connectivity index (χ1) is 9.03. The van der Waals surface area contributed by atoms with Crippen LogP contribution in [0.5, 0.6) is 5.75 Å². The third kappa shape index (κ3) is 3.58. The van der Waals surface area contributed by atoms with Crippen molar-refractivity contribution in [1.82, 2.24) is 0 Å². The van der Waals surface area contributed by atoms with Crippen LogP contribution in [-0.4, -0.2) is 24.0 Å². The smallest absolute Gasteiger partial charge is 0.373 e. The van der Waals surface area contributed by atoms with Gasteiger partial charge in [0.05, 0.1) is 12.8 Å². The minimum absolute atomic E-state index is 0.112. The van der Waals surface area contributed by atoms with Gasteiger partial charge < -0.3 is 14.7 Å². The average Bonchev–Trinajstić information content (AvgIpc) is 2.44. The molecule has 0 radical (unpaired) electrons. The molecule has 0 spiro atoms. The van der Waals surface area contributed by atoms with Crippen LogP contribution in [0.3, 0.4) is 0 Å². The second-order valence-electron chi connectivity index (χ2n) is 3.91. The molecular formula is C14H17NO4. The molecule has 0 aliphatic carbocycles. The summed E-state index contributed by atoms with van der Waals surface area (Å²) in [5, 5.41) is 11.9. The fraction of sp³-hybridized carbons (Fsp3) is 0.286. The van der Waals surface area contributed by atoms with Gasteiger partial charge in [-0.2, -0.15) is 0 Å². The maximum Gasteiger partial charge on any atom is 0.373 e. The van der Waals surface area contributed by atoms with Gasteiger partial charge in [-0.05, 0) is 38.5 Å². The molecule has 0 saturated carbocycles. The molecule has 0 unspecified atom stereocenters. The van der Waals surface area contributed by atoms with Gasteiger partial charge in [0.1, 0.15) is 5.75 Å². The first kappa shape index (κ1) is 14.8. The van der Waals surface area contributed by atoms with Gasteiger partial charge in [-0.3, -0.25) is 0 Å². The molecule has 19 heavy (non-hydrogen) atoms. The van der Waals surface area contributed by atoms with Crippen LogP contribution in [-0.2, 0) is 9.53 Å². The Kier molecular flexibility index (Phi) is 5.11. The largest absolute Gasteiger partial charge is 0.463 e. The van der Waals surface area contributed by atoms with Crippen molar-refractivity contribution in [3.8, 4) is 5.75 Å². The molecule has 1 aromatic carbocycles. The van der Waals surface area contributed by atoms with Gasteiger partial charge in [0, 0.05) is 5.56 Å². The van der Waals surface area contributed by atoms with Gasteiger partial charge in [0.15, 0.2) is 0 Å². The van der Waals surface area contributed by atoms with Crippen molar-refractivity contribution < 1.29 is 19.5 Å². The number of carbonyl (C=O) groups is 1. The molecule has 1 N–H and O–H groups in total. The van der Waals surface area contributed by atoms with Crippen LogP contribution in [0.25, 0.3) is 0 Å². The molecule has 0 amide bonds. The van der Waals surface area contributed by atoms with E-state index in [9.17, 15) is 4.79 Å². The zero-order valence-corrected chi connectivity index (χ0v) is 11.4. The molecule has 1 aromatic rings. The van der Waals surface area contributed by atoms with E-state index in [1.807, 2.05) is 19.1 Å². The Hall–Kier alpha value is -2.30. The van der Waals surface area contributed by atoms with Crippen molar-refractivity contribution >= 4 is 11.7 Å². The van der Waals surface area contributed by atoms with Crippen LogP contribution in [0.2, 0.25) is 0 Å². The molecular weight excluding hydrogens is 246 g/mol. The third-order valence-electron chi connectivity index (χ3n) is 2.62. The molecule has 5 heteroatoms. The fourth-order valence-corrected chi connectivity index (χ4v) is 1.43. The van der Waals surface area contributed by atoms with Gasteiger partial charge in [0.25, 0.3) is 0 Å². The SMILES string of the molecule is CC=C(Oc1cc(C(C)=NO)ccc1C)C(=O)OC. The number of nitrogens with zero attached hydrogens (tertiary/aromatic N) is 1. The zero-order chi connectivity index (χ0) is 14.4. The third-order valence-corrected chi connectivity index (χ3v) is 2.62. The zero-order valence-electron chi connectivity index (χ0n) is 11.4. The monoisotopic (exact) mass is 263 g/mol. The summed E-state index contributed by atoms with van der Waals surface area (Å²) in [5.41, 5.74) is 2.03. The number of ether oxygens (including phenoxy) is 2. The number of methoxy groups -OCH3 is 1. The van der Waals surface area contributed by atoms with Crippen LogP contribution in [0.1, 0.15) is 25.0 Å². The predicted molar refractivity (Wildman–Crippen MR) is 71.6 cm³/mol. The lowest BCUT2D eigenvalue weighted by Gasteiger charge is -2.11. The second kappa shape index (κ2) is 6.58. The molecule has 0 aromatic heterocycles. The molecule has 102 valence electrons. The highest BCUT2D eigenvalue weighted by molar-refractivity contribution is 5.98. The Morgan fingerprint density at radius 3 is 2.63 bits per heavy atom. The number of rotatable bonds is 4. The number of allylic oxidation sites excluding steroid dienone is 1. The lowest BCUT2D eigenvalue weighted by Crippen LogP contribution is -2.11. The van der Waals surface area contributed by atoms with E-state index in [0.29, 0.717) is 17.0 Å². The predicted octanol–water partition coefficient (Wildman–Crippen LogP) is 2.65. The maximum atomic E-state index is 11.5. The van der Waals surface area contributed by atoms with Crippen LogP contribution < -0.4 is 4.74 Å². The van der Waals surface area contributed by atoms with Crippen molar-refractivity contribution in [2.45, 2.75) is 20.8 Å². The number of aryl methyl sites for hydroxylation is 1. The fourth-order valence-electron chi connectivity index (χ4n) is 1.43. The lowest BCUT2D eigenvalue weighted by molar-refractivity contribution is -0.138. The number of hydrogen-bond donors (Lipinski definition) is 1. The summed E-state index contributed by atoms with van der Waals surface area (Å²) in [4.78, 5) is 11.5. The Balaban J connectivity index is 3.10. The van der Waals surface area contributed by atoms with Gasteiger partial charge in [-0.1, -0.05) is 17.3 Å². The molecule has 0 aliphatic rings. The van der Waals surface area contributed by atoms with Gasteiger partial charge >= 0.3 is 5.97 Å². The molecule has 0 aliphatic heterocycles. The Morgan fingerprint density at radius 1 is 1.42 bits per heavy atom. The van der Waals surface area contributed by atoms with E-state index >= 15 is 0 Å². The van der Waals surface area contributed by atoms with Crippen LogP contribution in [0.4, 0.5) is 0 Å². The maximum absolute atomic E-state index is 11.5. The van der Waals surface area contributed by atoms with Crippen molar-refractivity contribution in [3.63, 3.8) is 0 Å². The standard InChI is InChI=1S/C14H17NO4/c1-5-12(14(16)18-4)19-13-8-11(10(3)15-17)7-6-9(13)2/h5-8,17H,1-4H3. The molecule has 0 heterocycles. The number of hydrogen-bond acceptors (Lipinski definition) is 5. The average molecular weight is 263 g/mol. The van der Waals surface area contributed by atoms with Crippen molar-refractivity contribution in [2.24, 2.45) is 5.16 Å². The van der Waals surface area contributed by atoms with E-state index in [1.54, 1.807) is 19.9 Å². The quantitative estimate of drug-likeness (QED) is 0.226. The number of esters is 1. The molecule has 0 fully saturated rings. The van der Waals surface area contributed by atoms with Crippen LogP contribution in [0, 0.1) is 6.92 Å². The topological polar surface area (TPSA) is 68.1 Å². The van der Waals surface area contributed by atoms with E-state index < -0.39 is 5.97 Å². The van der Waals surface area contributed by atoms with Gasteiger partial charge in [0.2, 0.25) is 5.76 Å². The molecule has 1 rings (SSSR count). The van der Waals surface area contributed by atoms with Crippen LogP contribution in [0.15, 0.2) is 35.2 Å². The minimum Gasteiger partial charge on any atom is -0.463 e. The minimum atomic E-state index is -0.542. The van der Waals surface area contributed by atoms with E-state index in [0.717, 1.165) is 5.56 Å². The molecule has 0 saturated heterocycles. The molecule has 5 nitrogen and oxygen atoms in total. The lowest BCUT2D eigenvalue weighted by atomic mass is 10.1. The summed E-state index contributed by atoms with van der Waals surface area (Å²) in [6.07, 6.45) is 1.53. The highest BCUT2D eigenvalue weighted by Crippen LogP contribution is 2.22. The first-order valence-corrected chi connectivity index (χ1v) is 5.75.